The van der Waals surface area contributed by atoms with Crippen molar-refractivity contribution in [2.24, 2.45) is 0 Å². The van der Waals surface area contributed by atoms with Crippen molar-refractivity contribution in [2.75, 3.05) is 26.2 Å². The van der Waals surface area contributed by atoms with E-state index in [1.807, 2.05) is 42.6 Å². The summed E-state index contributed by atoms with van der Waals surface area (Å²) in [7, 11) is 0. The van der Waals surface area contributed by atoms with Gasteiger partial charge in [0.25, 0.3) is 5.91 Å². The molecule has 4 rings (SSSR count). The fourth-order valence-corrected chi connectivity index (χ4v) is 4.03. The van der Waals surface area contributed by atoms with Crippen LogP contribution in [-0.2, 0) is 6.54 Å². The van der Waals surface area contributed by atoms with Crippen LogP contribution in [-0.4, -0.2) is 54.1 Å². The summed E-state index contributed by atoms with van der Waals surface area (Å²) in [5.41, 5.74) is 1.80. The molecule has 0 unspecified atom stereocenters. The Balaban J connectivity index is 1.22. The van der Waals surface area contributed by atoms with Crippen LogP contribution in [0.4, 0.5) is 0 Å². The van der Waals surface area contributed by atoms with Crippen LogP contribution in [0.5, 0.6) is 5.75 Å². The number of carbonyl (C=O) groups is 1. The Morgan fingerprint density at radius 3 is 2.66 bits per heavy atom. The van der Waals surface area contributed by atoms with Crippen molar-refractivity contribution < 1.29 is 9.53 Å². The van der Waals surface area contributed by atoms with E-state index in [4.69, 9.17) is 4.74 Å². The van der Waals surface area contributed by atoms with Crippen molar-refractivity contribution in [3.8, 4) is 5.75 Å². The van der Waals surface area contributed by atoms with Crippen molar-refractivity contribution in [1.29, 1.82) is 0 Å². The van der Waals surface area contributed by atoms with Crippen LogP contribution in [0.1, 0.15) is 41.7 Å². The second kappa shape index (κ2) is 9.85. The van der Waals surface area contributed by atoms with Gasteiger partial charge in [-0.15, -0.1) is 0 Å². The minimum atomic E-state index is -0.00641. The van der Waals surface area contributed by atoms with Crippen molar-refractivity contribution in [3.63, 3.8) is 0 Å². The van der Waals surface area contributed by atoms with Gasteiger partial charge in [-0.05, 0) is 68.6 Å². The van der Waals surface area contributed by atoms with Gasteiger partial charge in [0.15, 0.2) is 0 Å². The summed E-state index contributed by atoms with van der Waals surface area (Å²) >= 11 is 0. The van der Waals surface area contributed by atoms with E-state index in [-0.39, 0.29) is 18.1 Å². The van der Waals surface area contributed by atoms with Gasteiger partial charge in [0, 0.05) is 44.0 Å². The minimum absolute atomic E-state index is 0.00641. The fourth-order valence-electron chi connectivity index (χ4n) is 4.03. The largest absolute Gasteiger partial charge is 0.490 e. The zero-order valence-electron chi connectivity index (χ0n) is 16.8. The summed E-state index contributed by atoms with van der Waals surface area (Å²) in [6.07, 6.45) is 6.23. The van der Waals surface area contributed by atoms with Crippen LogP contribution < -0.4 is 15.4 Å². The van der Waals surface area contributed by atoms with Gasteiger partial charge in [-0.1, -0.05) is 6.07 Å². The lowest BCUT2D eigenvalue weighted by Gasteiger charge is -2.31. The number of amides is 1. The van der Waals surface area contributed by atoms with E-state index in [0.717, 1.165) is 69.9 Å². The predicted molar refractivity (Wildman–Crippen MR) is 113 cm³/mol. The maximum Gasteiger partial charge on any atom is 0.251 e. The lowest BCUT2D eigenvalue weighted by Crippen LogP contribution is -2.45. The van der Waals surface area contributed by atoms with Gasteiger partial charge in [0.1, 0.15) is 11.9 Å². The van der Waals surface area contributed by atoms with Gasteiger partial charge in [-0.2, -0.15) is 0 Å². The number of likely N-dealkylation sites (tertiary alicyclic amines) is 1. The molecule has 0 spiro atoms. The molecule has 0 bridgehead atoms. The lowest BCUT2D eigenvalue weighted by atomic mass is 10.1. The van der Waals surface area contributed by atoms with E-state index in [2.05, 4.69) is 26.6 Å². The molecule has 2 saturated heterocycles. The molecule has 1 atom stereocenters. The molecule has 2 aliphatic rings. The topological polar surface area (TPSA) is 66.5 Å². The zero-order chi connectivity index (χ0) is 19.9. The van der Waals surface area contributed by atoms with Crippen molar-refractivity contribution in [1.82, 2.24) is 20.5 Å². The normalized spacial score (nSPS) is 20.9. The maximum absolute atomic E-state index is 12.4. The van der Waals surface area contributed by atoms with Crippen LogP contribution in [0.2, 0.25) is 0 Å². The summed E-state index contributed by atoms with van der Waals surface area (Å²) in [6, 6.07) is 13.8. The molecule has 29 heavy (non-hydrogen) atoms. The summed E-state index contributed by atoms with van der Waals surface area (Å²) in [6.45, 7) is 4.81. The average Bonchev–Trinajstić information content (AvgIpc) is 2.77. The number of piperidine rings is 2. The van der Waals surface area contributed by atoms with Crippen molar-refractivity contribution >= 4 is 5.91 Å². The maximum atomic E-state index is 12.4. The van der Waals surface area contributed by atoms with Crippen molar-refractivity contribution in [3.05, 3.63) is 59.9 Å². The van der Waals surface area contributed by atoms with E-state index in [1.54, 1.807) is 0 Å². The Morgan fingerprint density at radius 1 is 1.14 bits per heavy atom. The molecular formula is C23H30N4O2. The Kier molecular flexibility index (Phi) is 6.75. The van der Waals surface area contributed by atoms with E-state index >= 15 is 0 Å². The number of nitrogens with one attached hydrogen (secondary N) is 2. The zero-order valence-corrected chi connectivity index (χ0v) is 16.8. The Morgan fingerprint density at radius 2 is 1.97 bits per heavy atom. The van der Waals surface area contributed by atoms with Gasteiger partial charge in [0.2, 0.25) is 0 Å². The molecule has 6 heteroatoms. The van der Waals surface area contributed by atoms with Crippen molar-refractivity contribution in [2.45, 2.75) is 44.4 Å². The Bertz CT molecular complexity index is 767. The van der Waals surface area contributed by atoms with E-state index in [1.165, 1.54) is 0 Å². The van der Waals surface area contributed by atoms with Crippen LogP contribution in [0.15, 0.2) is 48.7 Å². The molecule has 1 amide bonds. The molecular weight excluding hydrogens is 364 g/mol. The highest BCUT2D eigenvalue weighted by molar-refractivity contribution is 5.94. The molecule has 3 heterocycles. The first-order valence-electron chi connectivity index (χ1n) is 10.7. The molecule has 0 radical (unpaired) electrons. The van der Waals surface area contributed by atoms with Gasteiger partial charge in [0.05, 0.1) is 5.69 Å². The molecule has 2 fully saturated rings. The second-order valence-corrected chi connectivity index (χ2v) is 7.96. The molecule has 2 aromatic rings. The quantitative estimate of drug-likeness (QED) is 0.788. The van der Waals surface area contributed by atoms with Crippen LogP contribution in [0.3, 0.4) is 0 Å². The predicted octanol–water partition coefficient (Wildman–Crippen LogP) is 2.61. The number of hydrogen-bond acceptors (Lipinski definition) is 5. The third kappa shape index (κ3) is 5.78. The number of rotatable bonds is 6. The molecule has 2 N–H and O–H groups in total. The molecule has 1 aromatic carbocycles. The van der Waals surface area contributed by atoms with E-state index in [0.29, 0.717) is 5.56 Å². The molecule has 0 saturated carbocycles. The standard InChI is InChI=1S/C23H30N4O2/c28-23(26-19-5-3-12-24-16-19)18-6-8-21(9-7-18)29-22-10-14-27(15-11-22)17-20-4-1-2-13-25-20/h1-2,4,6-9,13,19,22,24H,3,5,10-12,14-17H2,(H,26,28)/t19-/m1/s1. The second-order valence-electron chi connectivity index (χ2n) is 7.96. The number of hydrogen-bond donors (Lipinski definition) is 2. The average molecular weight is 395 g/mol. The minimum Gasteiger partial charge on any atom is -0.490 e. The SMILES string of the molecule is O=C(N[C@@H]1CCCNC1)c1ccc(OC2CCN(Cc3ccccn3)CC2)cc1. The highest BCUT2D eigenvalue weighted by atomic mass is 16.5. The lowest BCUT2D eigenvalue weighted by molar-refractivity contribution is 0.0929. The number of carbonyl (C=O) groups excluding carboxylic acids is 1. The van der Waals surface area contributed by atoms with Crippen LogP contribution in [0.25, 0.3) is 0 Å². The molecule has 0 aliphatic carbocycles. The first-order chi connectivity index (χ1) is 14.3. The number of aromatic nitrogens is 1. The smallest absolute Gasteiger partial charge is 0.251 e. The summed E-state index contributed by atoms with van der Waals surface area (Å²) in [5.74, 6) is 0.831. The number of pyridine rings is 1. The molecule has 1 aromatic heterocycles. The third-order valence-electron chi connectivity index (χ3n) is 5.70. The number of nitrogens with zero attached hydrogens (tertiary/aromatic N) is 2. The highest BCUT2D eigenvalue weighted by Gasteiger charge is 2.21. The van der Waals surface area contributed by atoms with E-state index in [9.17, 15) is 4.79 Å². The summed E-state index contributed by atoms with van der Waals surface area (Å²) in [4.78, 5) is 19.2. The van der Waals surface area contributed by atoms with Gasteiger partial charge >= 0.3 is 0 Å². The monoisotopic (exact) mass is 394 g/mol. The fraction of sp³-hybridized carbons (Fsp3) is 0.478. The van der Waals surface area contributed by atoms with Crippen LogP contribution >= 0.6 is 0 Å². The van der Waals surface area contributed by atoms with Crippen LogP contribution in [0, 0.1) is 0 Å². The van der Waals surface area contributed by atoms with Gasteiger partial charge in [-0.3, -0.25) is 14.7 Å². The van der Waals surface area contributed by atoms with E-state index < -0.39 is 0 Å². The number of benzene rings is 1. The molecule has 6 nitrogen and oxygen atoms in total. The van der Waals surface area contributed by atoms with Gasteiger partial charge in [-0.25, -0.2) is 0 Å². The Hall–Kier alpha value is -2.44. The number of ether oxygens (including phenoxy) is 1. The Labute approximate surface area is 172 Å². The highest BCUT2D eigenvalue weighted by Crippen LogP contribution is 2.20. The summed E-state index contributed by atoms with van der Waals surface area (Å²) < 4.78 is 6.15. The third-order valence-corrected chi connectivity index (χ3v) is 5.70. The molecule has 154 valence electrons. The first kappa shape index (κ1) is 19.9. The molecule has 2 aliphatic heterocycles. The first-order valence-corrected chi connectivity index (χ1v) is 10.7. The summed E-state index contributed by atoms with van der Waals surface area (Å²) in [5, 5.41) is 6.43. The van der Waals surface area contributed by atoms with Gasteiger partial charge < -0.3 is 15.4 Å².